The van der Waals surface area contributed by atoms with Gasteiger partial charge in [-0.1, -0.05) is 0 Å². The second kappa shape index (κ2) is 5.16. The molecule has 104 valence electrons. The third kappa shape index (κ3) is 2.36. The molecule has 0 amide bonds. The number of carbonyl (C=O) groups is 1. The van der Waals surface area contributed by atoms with Gasteiger partial charge in [0.2, 0.25) is 0 Å². The van der Waals surface area contributed by atoms with Gasteiger partial charge in [-0.05, 0) is 25.8 Å². The van der Waals surface area contributed by atoms with E-state index in [9.17, 15) is 4.79 Å². The topological polar surface area (TPSA) is 79.2 Å². The van der Waals surface area contributed by atoms with E-state index < -0.39 is 5.97 Å². The summed E-state index contributed by atoms with van der Waals surface area (Å²) in [6.07, 6.45) is 3.77. The Balaban J connectivity index is 1.90. The van der Waals surface area contributed by atoms with Crippen LogP contribution in [0.3, 0.4) is 0 Å². The lowest BCUT2D eigenvalue weighted by molar-refractivity contribution is 0.0691. The molecule has 0 bridgehead atoms. The van der Waals surface area contributed by atoms with E-state index in [-0.39, 0.29) is 11.7 Å². The van der Waals surface area contributed by atoms with Crippen LogP contribution >= 0.6 is 11.3 Å². The van der Waals surface area contributed by atoms with E-state index in [1.807, 2.05) is 13.0 Å². The Morgan fingerprint density at radius 1 is 1.50 bits per heavy atom. The number of anilines is 1. The molecule has 7 heteroatoms. The number of hydrogen-bond acceptors (Lipinski definition) is 6. The van der Waals surface area contributed by atoms with E-state index in [0.717, 1.165) is 36.0 Å². The molecule has 2 aromatic heterocycles. The van der Waals surface area contributed by atoms with E-state index >= 15 is 0 Å². The number of thiazole rings is 1. The first-order chi connectivity index (χ1) is 9.65. The van der Waals surface area contributed by atoms with Gasteiger partial charge >= 0.3 is 5.97 Å². The van der Waals surface area contributed by atoms with Gasteiger partial charge in [0.25, 0.3) is 0 Å². The molecule has 1 N–H and O–H groups in total. The van der Waals surface area contributed by atoms with E-state index in [0.29, 0.717) is 0 Å². The van der Waals surface area contributed by atoms with Gasteiger partial charge in [0.1, 0.15) is 16.6 Å². The molecule has 1 unspecified atom stereocenters. The Labute approximate surface area is 120 Å². The number of carboxylic acid groups (broad SMARTS) is 1. The lowest BCUT2D eigenvalue weighted by Crippen LogP contribution is -2.23. The highest BCUT2D eigenvalue weighted by atomic mass is 32.1. The van der Waals surface area contributed by atoms with Crippen LogP contribution in [0.5, 0.6) is 0 Å². The molecular weight excluding hydrogens is 276 g/mol. The van der Waals surface area contributed by atoms with E-state index in [1.54, 1.807) is 11.6 Å². The lowest BCUT2D eigenvalue weighted by atomic mass is 10.2. The van der Waals surface area contributed by atoms with E-state index in [1.165, 1.54) is 11.3 Å². The second-order valence-electron chi connectivity index (χ2n) is 4.69. The monoisotopic (exact) mass is 290 g/mol. The van der Waals surface area contributed by atoms with E-state index in [2.05, 4.69) is 19.9 Å². The molecule has 0 radical (unpaired) electrons. The van der Waals surface area contributed by atoms with Crippen molar-refractivity contribution in [1.82, 2.24) is 15.0 Å². The van der Waals surface area contributed by atoms with E-state index in [4.69, 9.17) is 5.11 Å². The first-order valence-electron chi connectivity index (χ1n) is 6.40. The molecule has 1 aliphatic heterocycles. The molecule has 1 aliphatic rings. The third-order valence-electron chi connectivity index (χ3n) is 3.33. The minimum Gasteiger partial charge on any atom is -0.476 e. The Kier molecular flexibility index (Phi) is 3.35. The highest BCUT2D eigenvalue weighted by Gasteiger charge is 2.30. The molecule has 0 aromatic carbocycles. The van der Waals surface area contributed by atoms with Gasteiger partial charge in [-0.3, -0.25) is 0 Å². The van der Waals surface area contributed by atoms with Crippen LogP contribution in [0.1, 0.15) is 40.2 Å². The largest absolute Gasteiger partial charge is 0.476 e. The smallest absolute Gasteiger partial charge is 0.355 e. The van der Waals surface area contributed by atoms with Gasteiger partial charge in [0.15, 0.2) is 5.69 Å². The molecule has 1 saturated heterocycles. The number of hydrogen-bond donors (Lipinski definition) is 1. The number of aromatic carboxylic acids is 1. The van der Waals surface area contributed by atoms with Gasteiger partial charge in [0.05, 0.1) is 6.04 Å². The summed E-state index contributed by atoms with van der Waals surface area (Å²) in [5.41, 5.74) is 0.121. The third-order valence-corrected chi connectivity index (χ3v) is 4.28. The quantitative estimate of drug-likeness (QED) is 0.934. The Hall–Kier alpha value is -2.02. The molecule has 3 rings (SSSR count). The molecule has 6 nitrogen and oxygen atoms in total. The predicted molar refractivity (Wildman–Crippen MR) is 75.2 cm³/mol. The second-order valence-corrected chi connectivity index (χ2v) is 5.58. The van der Waals surface area contributed by atoms with Crippen LogP contribution in [0.2, 0.25) is 0 Å². The Morgan fingerprint density at radius 3 is 3.05 bits per heavy atom. The fourth-order valence-electron chi connectivity index (χ4n) is 2.44. The summed E-state index contributed by atoms with van der Waals surface area (Å²) in [5.74, 6) is 0.639. The van der Waals surface area contributed by atoms with Gasteiger partial charge in [-0.15, -0.1) is 11.3 Å². The zero-order valence-electron chi connectivity index (χ0n) is 11.0. The fraction of sp³-hybridized carbons (Fsp3) is 0.385. The number of aromatic nitrogens is 3. The van der Waals surface area contributed by atoms with Crippen molar-refractivity contribution in [2.45, 2.75) is 25.8 Å². The van der Waals surface area contributed by atoms with Crippen molar-refractivity contribution >= 4 is 23.1 Å². The maximum Gasteiger partial charge on any atom is 0.355 e. The van der Waals surface area contributed by atoms with Crippen molar-refractivity contribution < 1.29 is 9.90 Å². The number of nitrogens with zero attached hydrogens (tertiary/aromatic N) is 4. The van der Waals surface area contributed by atoms with Crippen LogP contribution in [-0.4, -0.2) is 32.6 Å². The van der Waals surface area contributed by atoms with Gasteiger partial charge in [-0.2, -0.15) is 0 Å². The average Bonchev–Trinajstić information content (AvgIpc) is 3.07. The number of aryl methyl sites for hydroxylation is 1. The summed E-state index contributed by atoms with van der Waals surface area (Å²) in [6, 6.07) is 2.00. The molecule has 0 spiro atoms. The first kappa shape index (κ1) is 13.0. The Morgan fingerprint density at radius 2 is 2.35 bits per heavy atom. The van der Waals surface area contributed by atoms with Crippen LogP contribution < -0.4 is 4.90 Å². The van der Waals surface area contributed by atoms with Crippen LogP contribution in [0.15, 0.2) is 17.6 Å². The zero-order valence-corrected chi connectivity index (χ0v) is 11.8. The van der Waals surface area contributed by atoms with Gasteiger partial charge in [0, 0.05) is 18.1 Å². The molecule has 20 heavy (non-hydrogen) atoms. The highest BCUT2D eigenvalue weighted by molar-refractivity contribution is 7.09. The maximum atomic E-state index is 10.9. The van der Waals surface area contributed by atoms with Gasteiger partial charge in [-0.25, -0.2) is 19.7 Å². The lowest BCUT2D eigenvalue weighted by Gasteiger charge is -2.24. The summed E-state index contributed by atoms with van der Waals surface area (Å²) in [5, 5.41) is 11.4. The van der Waals surface area contributed by atoms with Crippen LogP contribution in [-0.2, 0) is 0 Å². The molecule has 1 atom stereocenters. The summed E-state index contributed by atoms with van der Waals surface area (Å²) >= 11 is 1.40. The van der Waals surface area contributed by atoms with Crippen molar-refractivity contribution in [3.8, 4) is 0 Å². The fourth-order valence-corrected chi connectivity index (χ4v) is 3.38. The predicted octanol–water partition coefficient (Wildman–Crippen LogP) is 2.28. The molecular formula is C13H14N4O2S. The summed E-state index contributed by atoms with van der Waals surface area (Å²) in [4.78, 5) is 25.9. The van der Waals surface area contributed by atoms with Crippen LogP contribution in [0, 0.1) is 6.92 Å². The first-order valence-corrected chi connectivity index (χ1v) is 7.28. The van der Waals surface area contributed by atoms with Crippen molar-refractivity contribution in [3.05, 3.63) is 34.2 Å². The van der Waals surface area contributed by atoms with Crippen molar-refractivity contribution in [3.63, 3.8) is 0 Å². The van der Waals surface area contributed by atoms with Crippen LogP contribution in [0.25, 0.3) is 0 Å². The van der Waals surface area contributed by atoms with Crippen LogP contribution in [0.4, 0.5) is 5.82 Å². The number of carboxylic acids is 1. The zero-order chi connectivity index (χ0) is 14.1. The Bertz CT molecular complexity index is 643. The highest BCUT2D eigenvalue weighted by Crippen LogP contribution is 2.36. The van der Waals surface area contributed by atoms with Crippen molar-refractivity contribution in [2.24, 2.45) is 0 Å². The molecule has 1 fully saturated rings. The molecule has 2 aromatic rings. The summed E-state index contributed by atoms with van der Waals surface area (Å²) in [6.45, 7) is 2.77. The minimum absolute atomic E-state index is 0.113. The molecule has 3 heterocycles. The SMILES string of the molecule is Cc1nccc(N2CCCC2c2nc(C(=O)O)cs2)n1. The minimum atomic E-state index is -0.977. The normalized spacial score (nSPS) is 18.4. The summed E-state index contributed by atoms with van der Waals surface area (Å²) < 4.78 is 0. The molecule has 0 saturated carbocycles. The number of rotatable bonds is 3. The maximum absolute atomic E-state index is 10.9. The van der Waals surface area contributed by atoms with Crippen molar-refractivity contribution in [1.29, 1.82) is 0 Å². The average molecular weight is 290 g/mol. The summed E-state index contributed by atoms with van der Waals surface area (Å²) in [7, 11) is 0. The van der Waals surface area contributed by atoms with Gasteiger partial charge < -0.3 is 10.0 Å². The standard InChI is InChI=1S/C13H14N4O2S/c1-8-14-5-4-11(15-8)17-6-2-3-10(17)12-16-9(7-20-12)13(18)19/h4-5,7,10H,2-3,6H2,1H3,(H,18,19). The molecule has 0 aliphatic carbocycles. The van der Waals surface area contributed by atoms with Crippen molar-refractivity contribution in [2.75, 3.05) is 11.4 Å².